The van der Waals surface area contributed by atoms with E-state index in [0.29, 0.717) is 12.5 Å². The van der Waals surface area contributed by atoms with Gasteiger partial charge in [-0.25, -0.2) is 0 Å². The zero-order valence-electron chi connectivity index (χ0n) is 17.8. The molecule has 6 nitrogen and oxygen atoms in total. The molecule has 6 heteroatoms. The van der Waals surface area contributed by atoms with E-state index in [1.165, 1.54) is 12.8 Å². The Labute approximate surface area is 173 Å². The molecule has 1 aliphatic heterocycles. The first kappa shape index (κ1) is 21.1. The quantitative estimate of drug-likeness (QED) is 0.354. The lowest BCUT2D eigenvalue weighted by atomic mass is 9.94. The Hall–Kier alpha value is -2.63. The molecule has 0 N–H and O–H groups in total. The normalized spacial score (nSPS) is 15.1. The second-order valence-electron chi connectivity index (χ2n) is 7.69. The van der Waals surface area contributed by atoms with Gasteiger partial charge in [0.2, 0.25) is 0 Å². The van der Waals surface area contributed by atoms with E-state index in [0.717, 1.165) is 60.9 Å². The van der Waals surface area contributed by atoms with Gasteiger partial charge in [-0.1, -0.05) is 12.1 Å². The van der Waals surface area contributed by atoms with Crippen molar-refractivity contribution in [3.8, 4) is 5.75 Å². The van der Waals surface area contributed by atoms with Crippen LogP contribution in [0.25, 0.3) is 0 Å². The Morgan fingerprint density at radius 2 is 1.93 bits per heavy atom. The topological polar surface area (TPSA) is 59.8 Å². The smallest absolute Gasteiger partial charge is 0.151 e. The van der Waals surface area contributed by atoms with Crippen molar-refractivity contribution in [1.29, 1.82) is 0 Å². The van der Waals surface area contributed by atoms with Crippen LogP contribution in [0, 0.1) is 19.8 Å². The highest BCUT2D eigenvalue weighted by Gasteiger charge is 2.20. The standard InChI is InChI=1S/C23H32N4O2/c1-4-14-29-24-17-21-6-7-22(18(2)16-21)28-15-11-20-9-12-27(13-10-20)23-8-5-19(3)25-26-23/h5-8,16-17,20H,4,9-15H2,1-3H3/b24-17+. The Morgan fingerprint density at radius 1 is 1.10 bits per heavy atom. The third-order valence-electron chi connectivity index (χ3n) is 5.28. The van der Waals surface area contributed by atoms with Crippen LogP contribution in [0.15, 0.2) is 35.5 Å². The summed E-state index contributed by atoms with van der Waals surface area (Å²) >= 11 is 0. The van der Waals surface area contributed by atoms with Crippen LogP contribution in [-0.4, -0.2) is 42.7 Å². The molecule has 0 unspecified atom stereocenters. The number of aryl methyl sites for hydroxylation is 2. The van der Waals surface area contributed by atoms with Crippen LogP contribution in [0.3, 0.4) is 0 Å². The second-order valence-corrected chi connectivity index (χ2v) is 7.69. The maximum Gasteiger partial charge on any atom is 0.151 e. The first-order chi connectivity index (χ1) is 14.2. The molecule has 1 aromatic carbocycles. The molecule has 1 saturated heterocycles. The average Bonchev–Trinajstić information content (AvgIpc) is 2.74. The molecular formula is C23H32N4O2. The van der Waals surface area contributed by atoms with E-state index in [4.69, 9.17) is 9.57 Å². The Morgan fingerprint density at radius 3 is 2.62 bits per heavy atom. The molecule has 1 aromatic heterocycles. The van der Waals surface area contributed by atoms with Gasteiger partial charge in [0.15, 0.2) is 5.82 Å². The van der Waals surface area contributed by atoms with Crippen LogP contribution in [0.5, 0.6) is 5.75 Å². The predicted octanol–water partition coefficient (Wildman–Crippen LogP) is 4.54. The van der Waals surface area contributed by atoms with Crippen molar-refractivity contribution in [3.63, 3.8) is 0 Å². The minimum absolute atomic E-state index is 0.647. The van der Waals surface area contributed by atoms with Crippen LogP contribution in [0.4, 0.5) is 5.82 Å². The number of hydrogen-bond acceptors (Lipinski definition) is 6. The summed E-state index contributed by atoms with van der Waals surface area (Å²) < 4.78 is 6.05. The first-order valence-corrected chi connectivity index (χ1v) is 10.6. The third-order valence-corrected chi connectivity index (χ3v) is 5.28. The van der Waals surface area contributed by atoms with Crippen LogP contribution in [0.1, 0.15) is 49.4 Å². The highest BCUT2D eigenvalue weighted by Crippen LogP contribution is 2.25. The SMILES string of the molecule is CCCO/N=C/c1ccc(OCCC2CCN(c3ccc(C)nn3)CC2)c(C)c1. The summed E-state index contributed by atoms with van der Waals surface area (Å²) in [6.07, 6.45) is 6.14. The lowest BCUT2D eigenvalue weighted by molar-refractivity contribution is 0.146. The molecule has 156 valence electrons. The molecule has 1 aliphatic rings. The number of anilines is 1. The molecule has 0 amide bonds. The van der Waals surface area contributed by atoms with Crippen molar-refractivity contribution < 1.29 is 9.57 Å². The van der Waals surface area contributed by atoms with Gasteiger partial charge < -0.3 is 14.5 Å². The first-order valence-electron chi connectivity index (χ1n) is 10.6. The van der Waals surface area contributed by atoms with Gasteiger partial charge in [-0.3, -0.25) is 0 Å². The lowest BCUT2D eigenvalue weighted by Crippen LogP contribution is -2.34. The summed E-state index contributed by atoms with van der Waals surface area (Å²) in [6.45, 7) is 9.57. The second kappa shape index (κ2) is 10.8. The maximum absolute atomic E-state index is 6.05. The highest BCUT2D eigenvalue weighted by molar-refractivity contribution is 5.79. The van der Waals surface area contributed by atoms with Crippen molar-refractivity contribution in [3.05, 3.63) is 47.2 Å². The predicted molar refractivity (Wildman–Crippen MR) is 117 cm³/mol. The summed E-state index contributed by atoms with van der Waals surface area (Å²) in [4.78, 5) is 7.49. The van der Waals surface area contributed by atoms with Gasteiger partial charge >= 0.3 is 0 Å². The van der Waals surface area contributed by atoms with E-state index in [9.17, 15) is 0 Å². The van der Waals surface area contributed by atoms with Crippen LogP contribution >= 0.6 is 0 Å². The number of oxime groups is 1. The van der Waals surface area contributed by atoms with Gasteiger partial charge in [-0.2, -0.15) is 5.10 Å². The summed E-state index contributed by atoms with van der Waals surface area (Å²) in [5.41, 5.74) is 3.11. The van der Waals surface area contributed by atoms with E-state index < -0.39 is 0 Å². The summed E-state index contributed by atoms with van der Waals surface area (Å²) in [5.74, 6) is 2.64. The fourth-order valence-electron chi connectivity index (χ4n) is 3.50. The molecule has 3 rings (SSSR count). The van der Waals surface area contributed by atoms with E-state index in [-0.39, 0.29) is 0 Å². The summed E-state index contributed by atoms with van der Waals surface area (Å²) in [7, 11) is 0. The molecule has 0 saturated carbocycles. The van der Waals surface area contributed by atoms with Gasteiger partial charge in [-0.15, -0.1) is 5.10 Å². The third kappa shape index (κ3) is 6.44. The largest absolute Gasteiger partial charge is 0.493 e. The van der Waals surface area contributed by atoms with Crippen LogP contribution < -0.4 is 9.64 Å². The van der Waals surface area contributed by atoms with Gasteiger partial charge in [0, 0.05) is 13.1 Å². The fourth-order valence-corrected chi connectivity index (χ4v) is 3.50. The fraction of sp³-hybridized carbons (Fsp3) is 0.522. The van der Waals surface area contributed by atoms with E-state index in [2.05, 4.69) is 46.2 Å². The van der Waals surface area contributed by atoms with Crippen LogP contribution in [-0.2, 0) is 4.84 Å². The number of ether oxygens (including phenoxy) is 1. The number of rotatable bonds is 9. The van der Waals surface area contributed by atoms with Crippen molar-refractivity contribution in [2.24, 2.45) is 11.1 Å². The van der Waals surface area contributed by atoms with Gasteiger partial charge in [0.05, 0.1) is 18.5 Å². The molecule has 1 fully saturated rings. The van der Waals surface area contributed by atoms with Crippen molar-refractivity contribution in [1.82, 2.24) is 10.2 Å². The molecule has 0 spiro atoms. The zero-order valence-corrected chi connectivity index (χ0v) is 17.8. The summed E-state index contributed by atoms with van der Waals surface area (Å²) in [6, 6.07) is 10.2. The summed E-state index contributed by atoms with van der Waals surface area (Å²) in [5, 5.41) is 12.5. The number of benzene rings is 1. The molecule has 0 atom stereocenters. The van der Waals surface area contributed by atoms with E-state index in [1.54, 1.807) is 6.21 Å². The number of aromatic nitrogens is 2. The molecule has 0 aliphatic carbocycles. The maximum atomic E-state index is 6.05. The number of piperidine rings is 1. The van der Waals surface area contributed by atoms with Crippen molar-refractivity contribution in [2.75, 3.05) is 31.2 Å². The van der Waals surface area contributed by atoms with Crippen LogP contribution in [0.2, 0.25) is 0 Å². The highest BCUT2D eigenvalue weighted by atomic mass is 16.6. The monoisotopic (exact) mass is 396 g/mol. The Balaban J connectivity index is 1.40. The molecule has 2 aromatic rings. The molecular weight excluding hydrogens is 364 g/mol. The molecule has 0 bridgehead atoms. The molecule has 0 radical (unpaired) electrons. The number of nitrogens with zero attached hydrogens (tertiary/aromatic N) is 4. The minimum atomic E-state index is 0.647. The zero-order chi connectivity index (χ0) is 20.5. The Kier molecular flexibility index (Phi) is 7.85. The van der Waals surface area contributed by atoms with Gasteiger partial charge in [-0.05, 0) is 86.9 Å². The van der Waals surface area contributed by atoms with Crippen molar-refractivity contribution in [2.45, 2.75) is 46.5 Å². The van der Waals surface area contributed by atoms with E-state index >= 15 is 0 Å². The van der Waals surface area contributed by atoms with Crippen molar-refractivity contribution >= 4 is 12.0 Å². The van der Waals surface area contributed by atoms with E-state index in [1.807, 2.05) is 25.1 Å². The molecule has 29 heavy (non-hydrogen) atoms. The Bertz CT molecular complexity index is 784. The minimum Gasteiger partial charge on any atom is -0.493 e. The average molecular weight is 397 g/mol. The lowest BCUT2D eigenvalue weighted by Gasteiger charge is -2.32. The van der Waals surface area contributed by atoms with Gasteiger partial charge in [0.1, 0.15) is 12.4 Å². The number of hydrogen-bond donors (Lipinski definition) is 0. The molecule has 2 heterocycles. The van der Waals surface area contributed by atoms with Gasteiger partial charge in [0.25, 0.3) is 0 Å².